The molecule has 0 bridgehead atoms. The topological polar surface area (TPSA) is 142 Å². The molecule has 3 aromatic heterocycles. The molecule has 11 nitrogen and oxygen atoms in total. The molecule has 0 atom stereocenters. The van der Waals surface area contributed by atoms with Crippen molar-refractivity contribution in [1.82, 2.24) is 30.0 Å². The largest absolute Gasteiger partial charge is 0.491 e. The highest BCUT2D eigenvalue weighted by atomic mass is 19.4. The smallest absolute Gasteiger partial charge is 0.440 e. The van der Waals surface area contributed by atoms with E-state index in [1.807, 2.05) is 6.07 Å². The van der Waals surface area contributed by atoms with Gasteiger partial charge in [0, 0.05) is 23.7 Å². The molecule has 0 saturated carbocycles. The highest BCUT2D eigenvalue weighted by molar-refractivity contribution is 5.85. The maximum absolute atomic E-state index is 12.5. The first-order valence-corrected chi connectivity index (χ1v) is 12.1. The number of unbranched alkanes of at least 4 members (excludes halogenated alkanes) is 1. The minimum atomic E-state index is -5.11. The molecule has 200 valence electrons. The van der Waals surface area contributed by atoms with Gasteiger partial charge in [-0.2, -0.15) is 23.3 Å². The number of nitrogens with two attached hydrogens (primary N) is 1. The van der Waals surface area contributed by atoms with E-state index in [-0.39, 0.29) is 24.3 Å². The molecule has 1 saturated heterocycles. The number of hydrogen-bond acceptors (Lipinski definition) is 10. The molecule has 0 radical (unpaired) electrons. The number of nitrogens with zero attached hydrogens (tertiary/aromatic N) is 5. The first-order valence-electron chi connectivity index (χ1n) is 12.1. The van der Waals surface area contributed by atoms with Gasteiger partial charge in [-0.05, 0) is 44.5 Å². The lowest BCUT2D eigenvalue weighted by Gasteiger charge is -2.23. The van der Waals surface area contributed by atoms with E-state index in [1.165, 1.54) is 0 Å². The summed E-state index contributed by atoms with van der Waals surface area (Å²) in [7, 11) is 0. The third-order valence-electron chi connectivity index (χ3n) is 5.92. The van der Waals surface area contributed by atoms with Gasteiger partial charge in [0.15, 0.2) is 11.3 Å². The van der Waals surface area contributed by atoms with Crippen molar-refractivity contribution < 1.29 is 27.4 Å². The van der Waals surface area contributed by atoms with Crippen molar-refractivity contribution in [2.75, 3.05) is 37.5 Å². The molecule has 4 heterocycles. The fourth-order valence-corrected chi connectivity index (χ4v) is 4.03. The summed E-state index contributed by atoms with van der Waals surface area (Å²) in [5, 5.41) is 11.1. The molecule has 0 amide bonds. The Hall–Kier alpha value is -3.68. The Morgan fingerprint density at radius 3 is 2.76 bits per heavy atom. The van der Waals surface area contributed by atoms with E-state index in [0.29, 0.717) is 29.0 Å². The van der Waals surface area contributed by atoms with Crippen molar-refractivity contribution in [3.05, 3.63) is 29.6 Å². The van der Waals surface area contributed by atoms with Crippen LogP contribution in [0.3, 0.4) is 0 Å². The van der Waals surface area contributed by atoms with Gasteiger partial charge in [-0.1, -0.05) is 13.3 Å². The van der Waals surface area contributed by atoms with Crippen LogP contribution in [0.15, 0.2) is 18.3 Å². The monoisotopic (exact) mass is 522 g/mol. The molecule has 37 heavy (non-hydrogen) atoms. The van der Waals surface area contributed by atoms with Crippen molar-refractivity contribution in [3.8, 4) is 5.88 Å². The number of carbonyl (C=O) groups is 1. The van der Waals surface area contributed by atoms with Crippen molar-refractivity contribution in [3.63, 3.8) is 0 Å². The Labute approximate surface area is 210 Å². The molecule has 0 aliphatic carbocycles. The second-order valence-corrected chi connectivity index (χ2v) is 8.69. The predicted molar refractivity (Wildman–Crippen MR) is 129 cm³/mol. The van der Waals surface area contributed by atoms with Gasteiger partial charge < -0.3 is 25.8 Å². The zero-order valence-corrected chi connectivity index (χ0v) is 20.3. The summed E-state index contributed by atoms with van der Waals surface area (Å²) in [4.78, 5) is 24.2. The van der Waals surface area contributed by atoms with Crippen LogP contribution in [0.1, 0.15) is 49.8 Å². The molecule has 1 aliphatic heterocycles. The van der Waals surface area contributed by atoms with E-state index in [4.69, 9.17) is 10.5 Å². The number of fused-ring (bicyclic) bond motifs is 1. The third-order valence-corrected chi connectivity index (χ3v) is 5.92. The van der Waals surface area contributed by atoms with Crippen LogP contribution >= 0.6 is 0 Å². The lowest BCUT2D eigenvalue weighted by molar-refractivity contribution is -0.205. The molecular formula is C23H29F3N8O3. The molecule has 4 rings (SSSR count). The van der Waals surface area contributed by atoms with E-state index in [1.54, 1.807) is 16.9 Å². The van der Waals surface area contributed by atoms with E-state index in [0.717, 1.165) is 44.5 Å². The van der Waals surface area contributed by atoms with Gasteiger partial charge in [0.1, 0.15) is 5.52 Å². The minimum Gasteiger partial charge on any atom is -0.440 e. The minimum absolute atomic E-state index is 0.0671. The Balaban J connectivity index is 1.58. The number of hydrogen-bond donors (Lipinski definition) is 3. The molecule has 3 aromatic rings. The number of carbonyl (C=O) groups excluding carboxylic acids is 1. The van der Waals surface area contributed by atoms with Crippen LogP contribution in [0.25, 0.3) is 11.0 Å². The number of rotatable bonds is 10. The molecule has 1 aliphatic rings. The summed E-state index contributed by atoms with van der Waals surface area (Å²) >= 11 is 0. The predicted octanol–water partition coefficient (Wildman–Crippen LogP) is 2.97. The molecule has 1 fully saturated rings. The summed E-state index contributed by atoms with van der Waals surface area (Å²) < 4.78 is 48.8. The van der Waals surface area contributed by atoms with Gasteiger partial charge in [0.05, 0.1) is 12.7 Å². The van der Waals surface area contributed by atoms with Crippen molar-refractivity contribution in [2.24, 2.45) is 0 Å². The summed E-state index contributed by atoms with van der Waals surface area (Å²) in [6.07, 6.45) is 0.262. The van der Waals surface area contributed by atoms with Crippen LogP contribution in [0.4, 0.5) is 24.9 Å². The molecule has 14 heteroatoms. The van der Waals surface area contributed by atoms with Gasteiger partial charge in [0.25, 0.3) is 0 Å². The fourth-order valence-electron chi connectivity index (χ4n) is 4.03. The number of piperidine rings is 1. The zero-order valence-electron chi connectivity index (χ0n) is 20.3. The van der Waals surface area contributed by atoms with Crippen LogP contribution < -0.4 is 21.1 Å². The first-order chi connectivity index (χ1) is 17.7. The summed E-state index contributed by atoms with van der Waals surface area (Å²) in [5.41, 5.74) is 8.22. The second kappa shape index (κ2) is 11.6. The average molecular weight is 523 g/mol. The lowest BCUT2D eigenvalue weighted by Crippen LogP contribution is -2.28. The third kappa shape index (κ3) is 6.76. The Morgan fingerprint density at radius 1 is 1.24 bits per heavy atom. The average Bonchev–Trinajstić information content (AvgIpc) is 3.27. The fraction of sp³-hybridized carbons (Fsp3) is 0.522. The number of nitrogen functional groups attached to an aromatic ring is 1. The van der Waals surface area contributed by atoms with Crippen LogP contribution in [-0.2, 0) is 16.1 Å². The van der Waals surface area contributed by atoms with Gasteiger partial charge in [0.2, 0.25) is 18.6 Å². The van der Waals surface area contributed by atoms with E-state index < -0.39 is 18.9 Å². The van der Waals surface area contributed by atoms with Crippen molar-refractivity contribution in [1.29, 1.82) is 0 Å². The number of halogens is 3. The summed E-state index contributed by atoms with van der Waals surface area (Å²) in [6, 6.07) is 3.66. The number of nitrogens with one attached hydrogen (secondary N) is 2. The highest BCUT2D eigenvalue weighted by Crippen LogP contribution is 2.28. The van der Waals surface area contributed by atoms with Gasteiger partial charge >= 0.3 is 12.1 Å². The van der Waals surface area contributed by atoms with Crippen molar-refractivity contribution in [2.45, 2.75) is 51.2 Å². The van der Waals surface area contributed by atoms with Crippen LogP contribution in [-0.4, -0.2) is 63.3 Å². The number of anilines is 2. The summed E-state index contributed by atoms with van der Waals surface area (Å²) in [5.74, 6) is -1.46. The van der Waals surface area contributed by atoms with Gasteiger partial charge in [-0.3, -0.25) is 4.68 Å². The van der Waals surface area contributed by atoms with Gasteiger partial charge in [-0.25, -0.2) is 14.8 Å². The molecule has 4 N–H and O–H groups in total. The number of pyridine rings is 1. The highest BCUT2D eigenvalue weighted by Gasteiger charge is 2.41. The molecule has 0 aromatic carbocycles. The maximum atomic E-state index is 12.5. The molecule has 0 unspecified atom stereocenters. The van der Waals surface area contributed by atoms with E-state index in [2.05, 4.69) is 42.3 Å². The standard InChI is InChI=1S/C23H29F3N8O3/c1-2-3-8-29-19-18-17(31-22(27)32-19)12-34(33-18)11-15-4-5-16(14-6-9-28-10-7-14)30-20(15)36-13-37-21(35)23(24,25)26/h4-5,12,14,28H,2-3,6-11,13H2,1H3,(H3,27,29,31,32). The SMILES string of the molecule is CCCCNc1nc(N)nc2cn(Cc3ccc(C4CCNCC4)nc3OCOC(=O)C(F)(F)F)nc12. The van der Waals surface area contributed by atoms with Crippen LogP contribution in [0.2, 0.25) is 0 Å². The second-order valence-electron chi connectivity index (χ2n) is 8.69. The zero-order chi connectivity index (χ0) is 26.4. The molecule has 0 spiro atoms. The van der Waals surface area contributed by atoms with E-state index in [9.17, 15) is 18.0 Å². The Morgan fingerprint density at radius 2 is 2.03 bits per heavy atom. The molecular weight excluding hydrogens is 493 g/mol. The normalized spacial score (nSPS) is 14.6. The Kier molecular flexibility index (Phi) is 8.26. The van der Waals surface area contributed by atoms with Crippen molar-refractivity contribution >= 4 is 28.8 Å². The number of aromatic nitrogens is 5. The Bertz CT molecular complexity index is 1230. The first kappa shape index (κ1) is 26.4. The van der Waals surface area contributed by atoms with Crippen LogP contribution in [0.5, 0.6) is 5.88 Å². The van der Waals surface area contributed by atoms with Gasteiger partial charge in [-0.15, -0.1) is 0 Å². The maximum Gasteiger partial charge on any atom is 0.491 e. The van der Waals surface area contributed by atoms with E-state index >= 15 is 0 Å². The number of ether oxygens (including phenoxy) is 2. The number of esters is 1. The quantitative estimate of drug-likeness (QED) is 0.207. The number of alkyl halides is 3. The summed E-state index contributed by atoms with van der Waals surface area (Å²) in [6.45, 7) is 3.70. The van der Waals surface area contributed by atoms with Crippen LogP contribution in [0, 0.1) is 0 Å². The lowest BCUT2D eigenvalue weighted by atomic mass is 9.94.